The maximum Gasteiger partial charge on any atom is 0.334 e. The van der Waals surface area contributed by atoms with Crippen molar-refractivity contribution in [1.82, 2.24) is 0 Å². The van der Waals surface area contributed by atoms with E-state index in [1.807, 2.05) is 0 Å². The number of hydrogen-bond acceptors (Lipinski definition) is 4. The summed E-state index contributed by atoms with van der Waals surface area (Å²) in [5.41, 5.74) is 4.95. The van der Waals surface area contributed by atoms with Crippen LogP contribution >= 0.6 is 0 Å². The van der Waals surface area contributed by atoms with Crippen molar-refractivity contribution in [2.75, 3.05) is 0 Å². The Labute approximate surface area is 290 Å². The summed E-state index contributed by atoms with van der Waals surface area (Å²) >= 11 is 0. The Morgan fingerprint density at radius 3 is 2.15 bits per heavy atom. The summed E-state index contributed by atoms with van der Waals surface area (Å²) in [6.07, 6.45) is 17.0. The zero-order valence-corrected chi connectivity index (χ0v) is 34.3. The van der Waals surface area contributed by atoms with Gasteiger partial charge in [-0.05, 0) is 115 Å². The molecule has 1 aliphatic heterocycles. The molecule has 0 aromatic rings. The van der Waals surface area contributed by atoms with Crippen LogP contribution in [0.15, 0.2) is 59.8 Å². The van der Waals surface area contributed by atoms with E-state index < -0.39 is 16.6 Å². The average molecular weight is 681 g/mol. The van der Waals surface area contributed by atoms with Crippen LogP contribution in [0.3, 0.4) is 0 Å². The third-order valence-electron chi connectivity index (χ3n) is 13.5. The molecule has 6 heteroatoms. The van der Waals surface area contributed by atoms with Crippen LogP contribution in [0.5, 0.6) is 0 Å². The Morgan fingerprint density at radius 2 is 1.57 bits per heavy atom. The average Bonchev–Trinajstić information content (AvgIpc) is 3.47. The van der Waals surface area contributed by atoms with Crippen molar-refractivity contribution in [3.8, 4) is 0 Å². The molecular formula is C41H68O4Si2. The fraction of sp³-hybridized carbons (Fsp3) is 0.732. The molecule has 0 aromatic carbocycles. The summed E-state index contributed by atoms with van der Waals surface area (Å²) in [4.78, 5) is 11.8. The molecule has 1 unspecified atom stereocenters. The smallest absolute Gasteiger partial charge is 0.334 e. The maximum absolute atomic E-state index is 11.8. The van der Waals surface area contributed by atoms with E-state index in [4.69, 9.17) is 20.2 Å². The number of cyclic esters (lactones) is 1. The van der Waals surface area contributed by atoms with Gasteiger partial charge in [0.05, 0.1) is 12.2 Å². The first-order chi connectivity index (χ1) is 21.5. The van der Waals surface area contributed by atoms with E-state index in [-0.39, 0.29) is 45.7 Å². The normalized spacial score (nSPS) is 35.2. The van der Waals surface area contributed by atoms with E-state index in [1.54, 1.807) is 5.57 Å². The second kappa shape index (κ2) is 13.7. The minimum absolute atomic E-state index is 0.0273. The zero-order valence-electron chi connectivity index (χ0n) is 32.3. The maximum atomic E-state index is 11.8. The molecule has 3 saturated carbocycles. The van der Waals surface area contributed by atoms with Crippen LogP contribution in [0, 0.1) is 29.1 Å². The summed E-state index contributed by atoms with van der Waals surface area (Å²) in [7, 11) is -4.02. The number of carbonyl (C=O) groups excluding carboxylic acids is 1. The van der Waals surface area contributed by atoms with Gasteiger partial charge in [0.25, 0.3) is 0 Å². The molecule has 3 aliphatic carbocycles. The van der Waals surface area contributed by atoms with Gasteiger partial charge in [0, 0.05) is 17.9 Å². The van der Waals surface area contributed by atoms with Crippen LogP contribution in [-0.2, 0) is 18.4 Å². The third-order valence-corrected chi connectivity index (χ3v) is 22.5. The lowest BCUT2D eigenvalue weighted by Crippen LogP contribution is -2.53. The molecule has 0 radical (unpaired) electrons. The first-order valence-electron chi connectivity index (χ1n) is 18.5. The van der Waals surface area contributed by atoms with E-state index in [0.29, 0.717) is 29.7 Å². The van der Waals surface area contributed by atoms with Gasteiger partial charge < -0.3 is 13.6 Å². The van der Waals surface area contributed by atoms with Crippen molar-refractivity contribution in [3.05, 3.63) is 59.8 Å². The number of carbonyl (C=O) groups is 1. The number of fused-ring (bicyclic) bond motifs is 1. The molecule has 8 atom stereocenters. The summed E-state index contributed by atoms with van der Waals surface area (Å²) < 4.78 is 19.9. The highest BCUT2D eigenvalue weighted by atomic mass is 28.4. The molecule has 4 nitrogen and oxygen atoms in total. The van der Waals surface area contributed by atoms with Gasteiger partial charge in [-0.15, -0.1) is 0 Å². The van der Waals surface area contributed by atoms with E-state index in [1.165, 1.54) is 37.7 Å². The number of allylic oxidation sites excluding steroid dienone is 4. The molecule has 0 aromatic heterocycles. The van der Waals surface area contributed by atoms with Gasteiger partial charge in [0.2, 0.25) is 0 Å². The molecular weight excluding hydrogens is 613 g/mol. The predicted molar refractivity (Wildman–Crippen MR) is 203 cm³/mol. The molecule has 0 N–H and O–H groups in total. The second-order valence-electron chi connectivity index (χ2n) is 18.8. The van der Waals surface area contributed by atoms with E-state index in [9.17, 15) is 4.79 Å². The largest absolute Gasteiger partial charge is 0.454 e. The van der Waals surface area contributed by atoms with Crippen molar-refractivity contribution >= 4 is 22.6 Å². The molecule has 0 bridgehead atoms. The Hall–Kier alpha value is -1.48. The zero-order chi connectivity index (χ0) is 35.3. The van der Waals surface area contributed by atoms with Crippen molar-refractivity contribution in [2.45, 2.75) is 162 Å². The molecule has 4 rings (SSSR count). The number of ether oxygens (including phenoxy) is 1. The Balaban J connectivity index is 1.60. The van der Waals surface area contributed by atoms with Gasteiger partial charge in [0.15, 0.2) is 16.6 Å². The molecule has 264 valence electrons. The fourth-order valence-corrected chi connectivity index (χ4v) is 11.0. The highest BCUT2D eigenvalue weighted by molar-refractivity contribution is 6.74. The molecule has 0 spiro atoms. The van der Waals surface area contributed by atoms with Gasteiger partial charge in [-0.3, -0.25) is 0 Å². The summed E-state index contributed by atoms with van der Waals surface area (Å²) in [6.45, 7) is 39.3. The Morgan fingerprint density at radius 1 is 0.957 bits per heavy atom. The first-order valence-corrected chi connectivity index (χ1v) is 24.3. The lowest BCUT2D eigenvalue weighted by Gasteiger charge is -2.48. The van der Waals surface area contributed by atoms with Crippen LogP contribution in [0.4, 0.5) is 0 Å². The highest BCUT2D eigenvalue weighted by Crippen LogP contribution is 2.59. The van der Waals surface area contributed by atoms with Gasteiger partial charge in [-0.1, -0.05) is 99.3 Å². The van der Waals surface area contributed by atoms with Gasteiger partial charge in [-0.2, -0.15) is 0 Å². The van der Waals surface area contributed by atoms with E-state index >= 15 is 0 Å². The molecule has 0 amide bonds. The number of esters is 1. The van der Waals surface area contributed by atoms with E-state index in [2.05, 4.69) is 119 Å². The Bertz CT molecular complexity index is 1290. The Kier molecular flexibility index (Phi) is 11.2. The van der Waals surface area contributed by atoms with Gasteiger partial charge in [0.1, 0.15) is 6.10 Å². The molecule has 1 heterocycles. The lowest BCUT2D eigenvalue weighted by atomic mass is 9.61. The minimum Gasteiger partial charge on any atom is -0.454 e. The first kappa shape index (κ1) is 38.3. The van der Waals surface area contributed by atoms with Crippen LogP contribution in [0.2, 0.25) is 36.3 Å². The van der Waals surface area contributed by atoms with Crippen LogP contribution in [-0.4, -0.2) is 40.9 Å². The van der Waals surface area contributed by atoms with Crippen LogP contribution < -0.4 is 0 Å². The molecule has 4 fully saturated rings. The topological polar surface area (TPSA) is 44.8 Å². The molecule has 47 heavy (non-hydrogen) atoms. The lowest BCUT2D eigenvalue weighted by molar-refractivity contribution is -0.137. The standard InChI is InChI=1S/C41H68O4Si2/c1-27(18-21-33-25-28(2)38(42)43-33)34-22-23-35-31(17-16-24-41(34,35)11)19-20-32-26-36(44-46(12,13)39(5,6)7)30(4)37(29(32)3)45-47(14,15)40(8,9)10/h18-21,27,30,33-37H,2-3,16-17,22-26H2,1,4-15H3/b21-18+,31-19+,32-20-/t27-,30+,33?,34-,35+,36+,37-,41-/m1/s1. The summed E-state index contributed by atoms with van der Waals surface area (Å²) in [6, 6.07) is 0. The summed E-state index contributed by atoms with van der Waals surface area (Å²) in [5.74, 6) is 1.67. The van der Waals surface area contributed by atoms with Gasteiger partial charge in [-0.25, -0.2) is 4.79 Å². The van der Waals surface area contributed by atoms with Crippen molar-refractivity contribution in [1.29, 1.82) is 0 Å². The van der Waals surface area contributed by atoms with Crippen LogP contribution in [0.25, 0.3) is 0 Å². The van der Waals surface area contributed by atoms with E-state index in [0.717, 1.165) is 12.0 Å². The minimum atomic E-state index is -2.04. The van der Waals surface area contributed by atoms with Crippen molar-refractivity contribution in [2.24, 2.45) is 29.1 Å². The monoisotopic (exact) mass is 680 g/mol. The second-order valence-corrected chi connectivity index (χ2v) is 28.3. The van der Waals surface area contributed by atoms with Crippen molar-refractivity contribution < 1.29 is 18.4 Å². The number of hydrogen-bond donors (Lipinski definition) is 0. The summed E-state index contributed by atoms with van der Waals surface area (Å²) in [5, 5.41) is 0.275. The molecule has 1 saturated heterocycles. The number of rotatable bonds is 8. The van der Waals surface area contributed by atoms with Crippen molar-refractivity contribution in [3.63, 3.8) is 0 Å². The molecule has 4 aliphatic rings. The third kappa shape index (κ3) is 7.97. The quantitative estimate of drug-likeness (QED) is 0.111. The predicted octanol–water partition coefficient (Wildman–Crippen LogP) is 11.5. The highest BCUT2D eigenvalue weighted by Gasteiger charge is 2.51. The van der Waals surface area contributed by atoms with Crippen LogP contribution in [0.1, 0.15) is 107 Å². The fourth-order valence-electron chi connectivity index (χ4n) is 8.26. The SMILES string of the molecule is C=C1CC(/C=C/[C@@H](C)[C@H]2CC[C@H]3/C(=C/C=C4/C[C@H](O[Si](C)(C)C(C)(C)C)[C@H](C)[C@H](O[Si](C)(C)C(C)(C)C)C4=C)CCC[C@]23C)OC1=O. The van der Waals surface area contributed by atoms with Gasteiger partial charge >= 0.3 is 5.97 Å².